The first kappa shape index (κ1) is 11.2. The number of halogens is 1. The van der Waals surface area contributed by atoms with E-state index in [-0.39, 0.29) is 12.5 Å². The van der Waals surface area contributed by atoms with Crippen molar-refractivity contribution in [2.45, 2.75) is 19.1 Å². The van der Waals surface area contributed by atoms with Crippen molar-refractivity contribution in [2.24, 2.45) is 5.92 Å². The summed E-state index contributed by atoms with van der Waals surface area (Å²) in [5.74, 6) is -0.0163. The van der Waals surface area contributed by atoms with E-state index in [4.69, 9.17) is 15.4 Å². The maximum atomic E-state index is 10.8. The largest absolute Gasteiger partial charge is 0.383 e. The predicted molar refractivity (Wildman–Crippen MR) is 45.3 cm³/mol. The van der Waals surface area contributed by atoms with Gasteiger partial charge in [0.2, 0.25) is 9.05 Å². The lowest BCUT2D eigenvalue weighted by atomic mass is 10.1. The molecule has 0 rings (SSSR count). The molecule has 0 aromatic carbocycles. The van der Waals surface area contributed by atoms with Crippen LogP contribution in [0.25, 0.3) is 0 Å². The number of ether oxygens (including phenoxy) is 1. The van der Waals surface area contributed by atoms with Gasteiger partial charge in [0.05, 0.1) is 6.61 Å². The van der Waals surface area contributed by atoms with E-state index in [9.17, 15) is 8.42 Å². The fourth-order valence-corrected chi connectivity index (χ4v) is 2.48. The molecule has 0 bridgehead atoms. The third-order valence-electron chi connectivity index (χ3n) is 1.44. The molecule has 11 heavy (non-hydrogen) atoms. The third kappa shape index (κ3) is 3.94. The molecule has 0 radical (unpaired) electrons. The summed E-state index contributed by atoms with van der Waals surface area (Å²) in [5, 5.41) is -0.603. The van der Waals surface area contributed by atoms with Crippen molar-refractivity contribution < 1.29 is 13.2 Å². The highest BCUT2D eigenvalue weighted by atomic mass is 35.7. The first-order chi connectivity index (χ1) is 4.89. The number of rotatable bonds is 4. The van der Waals surface area contributed by atoms with E-state index in [1.54, 1.807) is 13.8 Å². The molecule has 0 amide bonds. The quantitative estimate of drug-likeness (QED) is 0.642. The summed E-state index contributed by atoms with van der Waals surface area (Å²) < 4.78 is 26.4. The number of hydrogen-bond donors (Lipinski definition) is 0. The van der Waals surface area contributed by atoms with Crippen molar-refractivity contribution in [1.82, 2.24) is 0 Å². The van der Waals surface area contributed by atoms with Gasteiger partial charge in [-0.2, -0.15) is 0 Å². The third-order valence-corrected chi connectivity index (χ3v) is 3.53. The Balaban J connectivity index is 4.36. The first-order valence-electron chi connectivity index (χ1n) is 3.32. The fraction of sp³-hybridized carbons (Fsp3) is 1.00. The van der Waals surface area contributed by atoms with Gasteiger partial charge < -0.3 is 4.74 Å². The lowest BCUT2D eigenvalue weighted by Gasteiger charge is -2.15. The van der Waals surface area contributed by atoms with Gasteiger partial charge in [0.15, 0.2) is 0 Å². The van der Waals surface area contributed by atoms with Gasteiger partial charge in [0.25, 0.3) is 0 Å². The molecule has 1 atom stereocenters. The molecular formula is C6H13ClO3S. The zero-order valence-corrected chi connectivity index (χ0v) is 8.45. The Hall–Kier alpha value is 0.200. The van der Waals surface area contributed by atoms with Crippen molar-refractivity contribution in [3.8, 4) is 0 Å². The second kappa shape index (κ2) is 4.28. The maximum absolute atomic E-state index is 10.8. The average molecular weight is 201 g/mol. The van der Waals surface area contributed by atoms with Crippen LogP contribution in [0.1, 0.15) is 13.8 Å². The lowest BCUT2D eigenvalue weighted by molar-refractivity contribution is 0.185. The first-order valence-corrected chi connectivity index (χ1v) is 5.69. The topological polar surface area (TPSA) is 43.4 Å². The summed E-state index contributed by atoms with van der Waals surface area (Å²) in [6, 6.07) is 0. The highest BCUT2D eigenvalue weighted by molar-refractivity contribution is 8.14. The fourth-order valence-electron chi connectivity index (χ4n) is 0.763. The zero-order chi connectivity index (χ0) is 9.07. The summed E-state index contributed by atoms with van der Waals surface area (Å²) in [4.78, 5) is 0. The monoisotopic (exact) mass is 200 g/mol. The lowest BCUT2D eigenvalue weighted by Crippen LogP contribution is -2.27. The molecule has 0 spiro atoms. The van der Waals surface area contributed by atoms with Gasteiger partial charge in [0.1, 0.15) is 5.25 Å². The Kier molecular flexibility index (Phi) is 4.36. The summed E-state index contributed by atoms with van der Waals surface area (Å²) in [6.07, 6.45) is 0. The molecule has 3 nitrogen and oxygen atoms in total. The van der Waals surface area contributed by atoms with Crippen LogP contribution in [0.4, 0.5) is 0 Å². The van der Waals surface area contributed by atoms with E-state index in [1.807, 2.05) is 0 Å². The van der Waals surface area contributed by atoms with Gasteiger partial charge in [0, 0.05) is 17.8 Å². The summed E-state index contributed by atoms with van der Waals surface area (Å²) in [6.45, 7) is 3.75. The summed E-state index contributed by atoms with van der Waals surface area (Å²) >= 11 is 0. The van der Waals surface area contributed by atoms with Crippen LogP contribution in [-0.4, -0.2) is 27.4 Å². The van der Waals surface area contributed by atoms with E-state index in [0.29, 0.717) is 0 Å². The van der Waals surface area contributed by atoms with Crippen LogP contribution in [0.2, 0.25) is 0 Å². The van der Waals surface area contributed by atoms with Crippen molar-refractivity contribution in [1.29, 1.82) is 0 Å². The summed E-state index contributed by atoms with van der Waals surface area (Å²) in [5.41, 5.74) is 0. The van der Waals surface area contributed by atoms with Crippen LogP contribution in [0.3, 0.4) is 0 Å². The molecule has 0 aromatic heterocycles. The van der Waals surface area contributed by atoms with Crippen LogP contribution in [0.15, 0.2) is 0 Å². The van der Waals surface area contributed by atoms with Crippen molar-refractivity contribution in [3.05, 3.63) is 0 Å². The van der Waals surface area contributed by atoms with Gasteiger partial charge in [-0.15, -0.1) is 0 Å². The van der Waals surface area contributed by atoms with Crippen molar-refractivity contribution >= 4 is 19.7 Å². The molecule has 0 aromatic rings. The highest BCUT2D eigenvalue weighted by Crippen LogP contribution is 2.16. The van der Waals surface area contributed by atoms with Gasteiger partial charge in [-0.05, 0) is 5.92 Å². The molecule has 0 N–H and O–H groups in total. The van der Waals surface area contributed by atoms with Crippen molar-refractivity contribution in [3.63, 3.8) is 0 Å². The minimum atomic E-state index is -3.48. The van der Waals surface area contributed by atoms with E-state index in [2.05, 4.69) is 0 Å². The number of methoxy groups -OCH3 is 1. The van der Waals surface area contributed by atoms with E-state index in [1.165, 1.54) is 7.11 Å². The molecule has 0 saturated heterocycles. The van der Waals surface area contributed by atoms with Crippen LogP contribution in [-0.2, 0) is 13.8 Å². The maximum Gasteiger partial charge on any atom is 0.237 e. The average Bonchev–Trinajstić information content (AvgIpc) is 1.79. The minimum absolute atomic E-state index is 0.0163. The molecule has 1 unspecified atom stereocenters. The number of hydrogen-bond acceptors (Lipinski definition) is 3. The van der Waals surface area contributed by atoms with Crippen LogP contribution < -0.4 is 0 Å². The van der Waals surface area contributed by atoms with E-state index >= 15 is 0 Å². The molecule has 68 valence electrons. The van der Waals surface area contributed by atoms with Gasteiger partial charge in [-0.3, -0.25) is 0 Å². The normalized spacial score (nSPS) is 15.4. The van der Waals surface area contributed by atoms with Gasteiger partial charge >= 0.3 is 0 Å². The Morgan fingerprint density at radius 2 is 1.91 bits per heavy atom. The Morgan fingerprint density at radius 3 is 2.00 bits per heavy atom. The molecule has 0 heterocycles. The molecule has 0 fully saturated rings. The van der Waals surface area contributed by atoms with E-state index in [0.717, 1.165) is 0 Å². The van der Waals surface area contributed by atoms with Crippen LogP contribution in [0, 0.1) is 5.92 Å². The highest BCUT2D eigenvalue weighted by Gasteiger charge is 2.26. The molecule has 0 saturated carbocycles. The van der Waals surface area contributed by atoms with Crippen LogP contribution in [0.5, 0.6) is 0 Å². The second-order valence-electron chi connectivity index (χ2n) is 2.71. The van der Waals surface area contributed by atoms with Crippen LogP contribution >= 0.6 is 10.7 Å². The zero-order valence-electron chi connectivity index (χ0n) is 6.87. The summed E-state index contributed by atoms with van der Waals surface area (Å²) in [7, 11) is 3.14. The Bertz CT molecular complexity index is 198. The molecule has 0 aliphatic heterocycles. The SMILES string of the molecule is COCC(C(C)C)S(=O)(=O)Cl. The smallest absolute Gasteiger partial charge is 0.237 e. The molecule has 5 heteroatoms. The molecule has 0 aliphatic rings. The molecular weight excluding hydrogens is 188 g/mol. The Labute approximate surface area is 72.1 Å². The van der Waals surface area contributed by atoms with Gasteiger partial charge in [-0.25, -0.2) is 8.42 Å². The van der Waals surface area contributed by atoms with Gasteiger partial charge in [-0.1, -0.05) is 13.8 Å². The molecule has 0 aliphatic carbocycles. The minimum Gasteiger partial charge on any atom is -0.383 e. The van der Waals surface area contributed by atoms with E-state index < -0.39 is 14.3 Å². The predicted octanol–water partition coefficient (Wildman–Crippen LogP) is 1.23. The van der Waals surface area contributed by atoms with Crippen molar-refractivity contribution in [2.75, 3.05) is 13.7 Å². The second-order valence-corrected chi connectivity index (χ2v) is 5.56. The standard InChI is InChI=1S/C6H13ClO3S/c1-5(2)6(4-10-3)11(7,8)9/h5-6H,4H2,1-3H3. The Morgan fingerprint density at radius 1 is 1.45 bits per heavy atom.